The van der Waals surface area contributed by atoms with Gasteiger partial charge in [-0.2, -0.15) is 0 Å². The Balaban J connectivity index is 0.00000225. The van der Waals surface area contributed by atoms with Crippen LogP contribution in [0, 0.1) is 11.8 Å². The van der Waals surface area contributed by atoms with E-state index in [1.807, 2.05) is 11.9 Å². The topological polar surface area (TPSA) is 52.7 Å². The smallest absolute Gasteiger partial charge is 0.239 e. The van der Waals surface area contributed by atoms with Crippen molar-refractivity contribution in [2.75, 3.05) is 38.1 Å². The number of nitrogens with zero attached hydrogens (tertiary/aromatic N) is 2. The van der Waals surface area contributed by atoms with Crippen molar-refractivity contribution in [3.63, 3.8) is 0 Å². The zero-order chi connectivity index (χ0) is 17.3. The molecular weight excluding hydrogens is 385 g/mol. The lowest BCUT2D eigenvalue weighted by atomic mass is 10.1. The number of hydrogen-bond acceptors (Lipinski definition) is 3. The van der Waals surface area contributed by atoms with E-state index in [-0.39, 0.29) is 24.2 Å². The van der Waals surface area contributed by atoms with Gasteiger partial charge in [-0.15, -0.1) is 12.4 Å². The van der Waals surface area contributed by atoms with Crippen LogP contribution in [0.3, 0.4) is 0 Å². The predicted octanol–water partition coefficient (Wildman–Crippen LogP) is 2.84. The van der Waals surface area contributed by atoms with Crippen molar-refractivity contribution in [1.82, 2.24) is 10.2 Å². The molecule has 2 amide bonds. The Bertz CT molecular complexity index is 656. The molecule has 25 heavy (non-hydrogen) atoms. The third-order valence-corrected chi connectivity index (χ3v) is 5.55. The SMILES string of the molecule is CNCC1CCN(C(=O)C2CCN(c3ccc(Cl)c(Cl)c3)C2=O)C1.Cl. The largest absolute Gasteiger partial charge is 0.342 e. The van der Waals surface area contributed by atoms with Gasteiger partial charge >= 0.3 is 0 Å². The summed E-state index contributed by atoms with van der Waals surface area (Å²) < 4.78 is 0. The minimum Gasteiger partial charge on any atom is -0.342 e. The van der Waals surface area contributed by atoms with Gasteiger partial charge in [0.2, 0.25) is 11.8 Å². The van der Waals surface area contributed by atoms with Gasteiger partial charge in [0.15, 0.2) is 0 Å². The van der Waals surface area contributed by atoms with Crippen molar-refractivity contribution < 1.29 is 9.59 Å². The molecule has 2 saturated heterocycles. The molecule has 0 bridgehead atoms. The summed E-state index contributed by atoms with van der Waals surface area (Å²) in [7, 11) is 1.92. The second kappa shape index (κ2) is 8.58. The number of amides is 2. The average Bonchev–Trinajstić information content (AvgIpc) is 3.17. The van der Waals surface area contributed by atoms with Gasteiger partial charge in [-0.3, -0.25) is 9.59 Å². The number of carbonyl (C=O) groups excluding carboxylic acids is 2. The van der Waals surface area contributed by atoms with Crippen LogP contribution in [0.1, 0.15) is 12.8 Å². The summed E-state index contributed by atoms with van der Waals surface area (Å²) in [5.74, 6) is -0.286. The number of likely N-dealkylation sites (tertiary alicyclic amines) is 1. The lowest BCUT2D eigenvalue weighted by molar-refractivity contribution is -0.139. The van der Waals surface area contributed by atoms with E-state index in [2.05, 4.69) is 5.32 Å². The Kier molecular flexibility index (Phi) is 6.97. The number of nitrogens with one attached hydrogen (secondary N) is 1. The van der Waals surface area contributed by atoms with Gasteiger partial charge < -0.3 is 15.1 Å². The third-order valence-electron chi connectivity index (χ3n) is 4.81. The highest BCUT2D eigenvalue weighted by Crippen LogP contribution is 2.32. The van der Waals surface area contributed by atoms with E-state index in [1.54, 1.807) is 23.1 Å². The minimum absolute atomic E-state index is 0. The molecule has 0 saturated carbocycles. The molecule has 1 aromatic rings. The normalized spacial score (nSPS) is 23.1. The molecule has 5 nitrogen and oxygen atoms in total. The highest BCUT2D eigenvalue weighted by Gasteiger charge is 2.41. The first-order chi connectivity index (χ1) is 11.5. The van der Waals surface area contributed by atoms with E-state index in [0.717, 1.165) is 26.1 Å². The maximum Gasteiger partial charge on any atom is 0.239 e. The quantitative estimate of drug-likeness (QED) is 0.782. The maximum absolute atomic E-state index is 12.7. The summed E-state index contributed by atoms with van der Waals surface area (Å²) >= 11 is 12.0. The molecule has 1 aromatic carbocycles. The average molecular weight is 407 g/mol. The number of halogens is 3. The Morgan fingerprint density at radius 2 is 2.00 bits per heavy atom. The highest BCUT2D eigenvalue weighted by molar-refractivity contribution is 6.42. The van der Waals surface area contributed by atoms with Crippen LogP contribution in [0.4, 0.5) is 5.69 Å². The van der Waals surface area contributed by atoms with Crippen LogP contribution in [0.5, 0.6) is 0 Å². The highest BCUT2D eigenvalue weighted by atomic mass is 35.5. The third kappa shape index (κ3) is 4.22. The van der Waals surface area contributed by atoms with Crippen LogP contribution < -0.4 is 10.2 Å². The lowest BCUT2D eigenvalue weighted by Gasteiger charge is -2.21. The van der Waals surface area contributed by atoms with Gasteiger partial charge in [0.05, 0.1) is 10.0 Å². The second-order valence-electron chi connectivity index (χ2n) is 6.43. The molecule has 0 aromatic heterocycles. The fourth-order valence-electron chi connectivity index (χ4n) is 3.53. The van der Waals surface area contributed by atoms with E-state index in [1.165, 1.54) is 0 Å². The summed E-state index contributed by atoms with van der Waals surface area (Å²) in [6, 6.07) is 5.11. The van der Waals surface area contributed by atoms with Crippen molar-refractivity contribution in [2.24, 2.45) is 11.8 Å². The number of benzene rings is 1. The fraction of sp³-hybridized carbons (Fsp3) is 0.529. The molecule has 3 rings (SSSR count). The molecule has 1 N–H and O–H groups in total. The second-order valence-corrected chi connectivity index (χ2v) is 7.24. The first-order valence-corrected chi connectivity index (χ1v) is 8.96. The van der Waals surface area contributed by atoms with Gasteiger partial charge in [0.25, 0.3) is 0 Å². The van der Waals surface area contributed by atoms with Gasteiger partial charge in [-0.1, -0.05) is 23.2 Å². The molecule has 0 radical (unpaired) electrons. The number of carbonyl (C=O) groups is 2. The van der Waals surface area contributed by atoms with Crippen LogP contribution in [-0.4, -0.2) is 49.9 Å². The van der Waals surface area contributed by atoms with Gasteiger partial charge in [-0.05, 0) is 50.6 Å². The lowest BCUT2D eigenvalue weighted by Crippen LogP contribution is -2.39. The Hall–Kier alpha value is -1.01. The van der Waals surface area contributed by atoms with Crippen molar-refractivity contribution in [3.05, 3.63) is 28.2 Å². The molecular formula is C17H22Cl3N3O2. The molecule has 2 aliphatic heterocycles. The van der Waals surface area contributed by atoms with Gasteiger partial charge in [0.1, 0.15) is 5.92 Å². The van der Waals surface area contributed by atoms with Gasteiger partial charge in [0, 0.05) is 25.3 Å². The van der Waals surface area contributed by atoms with E-state index in [4.69, 9.17) is 23.2 Å². The van der Waals surface area contributed by atoms with Crippen molar-refractivity contribution in [2.45, 2.75) is 12.8 Å². The van der Waals surface area contributed by atoms with Crippen LogP contribution in [-0.2, 0) is 9.59 Å². The molecule has 2 atom stereocenters. The van der Waals surface area contributed by atoms with Crippen molar-refractivity contribution in [1.29, 1.82) is 0 Å². The maximum atomic E-state index is 12.7. The first-order valence-electron chi connectivity index (χ1n) is 8.21. The van der Waals surface area contributed by atoms with Crippen LogP contribution >= 0.6 is 35.6 Å². The number of rotatable bonds is 4. The van der Waals surface area contributed by atoms with E-state index >= 15 is 0 Å². The van der Waals surface area contributed by atoms with Crippen molar-refractivity contribution >= 4 is 53.1 Å². The first kappa shape index (κ1) is 20.3. The number of anilines is 1. The number of hydrogen-bond donors (Lipinski definition) is 1. The standard InChI is InChI=1S/C17H21Cl2N3O2.ClH/c1-20-9-11-4-6-21(10-11)16(23)13-5-7-22(17(13)24)12-2-3-14(18)15(19)8-12;/h2-3,8,11,13,20H,4-7,9-10H2,1H3;1H. The Morgan fingerprint density at radius 1 is 1.24 bits per heavy atom. The van der Waals surface area contributed by atoms with E-state index < -0.39 is 5.92 Å². The molecule has 2 fully saturated rings. The molecule has 8 heteroatoms. The summed E-state index contributed by atoms with van der Waals surface area (Å²) in [5, 5.41) is 4.01. The van der Waals surface area contributed by atoms with E-state index in [9.17, 15) is 9.59 Å². The molecule has 0 spiro atoms. The summed E-state index contributed by atoms with van der Waals surface area (Å²) in [5.41, 5.74) is 0.694. The summed E-state index contributed by atoms with van der Waals surface area (Å²) in [4.78, 5) is 28.9. The molecule has 138 valence electrons. The molecule has 2 aliphatic rings. The molecule has 2 unspecified atom stereocenters. The van der Waals surface area contributed by atoms with Crippen LogP contribution in [0.25, 0.3) is 0 Å². The zero-order valence-corrected chi connectivity index (χ0v) is 16.3. The molecule has 0 aliphatic carbocycles. The van der Waals surface area contributed by atoms with Crippen LogP contribution in [0.2, 0.25) is 10.0 Å². The summed E-state index contributed by atoms with van der Waals surface area (Å²) in [6.07, 6.45) is 1.54. The fourth-order valence-corrected chi connectivity index (χ4v) is 3.82. The van der Waals surface area contributed by atoms with Crippen molar-refractivity contribution in [3.8, 4) is 0 Å². The van der Waals surface area contributed by atoms with Gasteiger partial charge in [-0.25, -0.2) is 0 Å². The minimum atomic E-state index is -0.576. The Labute approximate surface area is 164 Å². The predicted molar refractivity (Wildman–Crippen MR) is 103 cm³/mol. The molecule has 2 heterocycles. The van der Waals surface area contributed by atoms with E-state index in [0.29, 0.717) is 34.6 Å². The Morgan fingerprint density at radius 3 is 2.68 bits per heavy atom. The zero-order valence-electron chi connectivity index (χ0n) is 14.0. The monoisotopic (exact) mass is 405 g/mol. The summed E-state index contributed by atoms with van der Waals surface area (Å²) in [6.45, 7) is 2.90. The van der Waals surface area contributed by atoms with Crippen LogP contribution in [0.15, 0.2) is 18.2 Å².